The maximum Gasteiger partial charge on any atom is 0.356 e. The van der Waals surface area contributed by atoms with Gasteiger partial charge >= 0.3 is 5.97 Å². The van der Waals surface area contributed by atoms with Crippen LogP contribution >= 0.6 is 11.3 Å². The number of rotatable bonds is 5. The second-order valence-corrected chi connectivity index (χ2v) is 5.22. The minimum atomic E-state index is -1.23. The van der Waals surface area contributed by atoms with Crippen LogP contribution in [0, 0.1) is 11.3 Å². The van der Waals surface area contributed by atoms with Crippen LogP contribution < -0.4 is 5.32 Å². The minimum absolute atomic E-state index is 0.121. The number of thiazole rings is 1. The molecule has 0 amide bonds. The number of hydrogen-bond acceptors (Lipinski definition) is 6. The van der Waals surface area contributed by atoms with Gasteiger partial charge in [-0.3, -0.25) is 4.79 Å². The van der Waals surface area contributed by atoms with Gasteiger partial charge in [0.05, 0.1) is 11.6 Å². The van der Waals surface area contributed by atoms with Crippen LogP contribution in [0.3, 0.4) is 0 Å². The van der Waals surface area contributed by atoms with Gasteiger partial charge < -0.3 is 10.4 Å². The number of benzene rings is 1. The molecule has 6 nitrogen and oxygen atoms in total. The minimum Gasteiger partial charge on any atom is -0.476 e. The number of aromatic nitrogens is 1. The van der Waals surface area contributed by atoms with Crippen LogP contribution in [0.25, 0.3) is 0 Å². The van der Waals surface area contributed by atoms with Crippen molar-refractivity contribution in [3.05, 3.63) is 46.0 Å². The quantitative estimate of drug-likeness (QED) is 0.822. The lowest BCUT2D eigenvalue weighted by atomic mass is 10.1. The largest absolute Gasteiger partial charge is 0.476 e. The zero-order valence-corrected chi connectivity index (χ0v) is 11.9. The Morgan fingerprint density at radius 3 is 2.81 bits per heavy atom. The molecule has 0 radical (unpaired) electrons. The topological polar surface area (TPSA) is 103 Å². The van der Waals surface area contributed by atoms with Gasteiger partial charge in [0.1, 0.15) is 4.88 Å². The fraction of sp³-hybridized carbons (Fsp3) is 0.143. The van der Waals surface area contributed by atoms with E-state index in [1.54, 1.807) is 18.2 Å². The maximum atomic E-state index is 11.4. The van der Waals surface area contributed by atoms with Crippen molar-refractivity contribution in [3.63, 3.8) is 0 Å². The van der Waals surface area contributed by atoms with Crippen LogP contribution in [-0.4, -0.2) is 21.8 Å². The number of nitrogens with zero attached hydrogens (tertiary/aromatic N) is 2. The first-order valence-corrected chi connectivity index (χ1v) is 6.81. The molecule has 2 aromatic rings. The van der Waals surface area contributed by atoms with Gasteiger partial charge in [0.25, 0.3) is 0 Å². The smallest absolute Gasteiger partial charge is 0.356 e. The zero-order chi connectivity index (χ0) is 15.4. The number of Topliss-reactive ketones (excluding diaryl/α,β-unsaturated/α-hetero) is 1. The van der Waals surface area contributed by atoms with Crippen LogP contribution in [0.2, 0.25) is 0 Å². The first kappa shape index (κ1) is 14.7. The molecular weight excluding hydrogens is 290 g/mol. The highest BCUT2D eigenvalue weighted by Gasteiger charge is 2.20. The summed E-state index contributed by atoms with van der Waals surface area (Å²) in [6.07, 6.45) is 0. The summed E-state index contributed by atoms with van der Waals surface area (Å²) in [6.45, 7) is 1.69. The summed E-state index contributed by atoms with van der Waals surface area (Å²) in [5.41, 5.74) is 1.18. The molecule has 1 aromatic carbocycles. The summed E-state index contributed by atoms with van der Waals surface area (Å²) in [6, 6.07) is 9.07. The van der Waals surface area contributed by atoms with E-state index in [1.807, 2.05) is 12.1 Å². The van der Waals surface area contributed by atoms with Crippen LogP contribution in [0.15, 0.2) is 24.3 Å². The van der Waals surface area contributed by atoms with Crippen molar-refractivity contribution in [3.8, 4) is 6.07 Å². The van der Waals surface area contributed by atoms with Crippen molar-refractivity contribution in [2.45, 2.75) is 13.5 Å². The molecule has 0 aliphatic rings. The highest BCUT2D eigenvalue weighted by atomic mass is 32.1. The Morgan fingerprint density at radius 1 is 1.48 bits per heavy atom. The first-order chi connectivity index (χ1) is 10.0. The van der Waals surface area contributed by atoms with E-state index in [1.165, 1.54) is 6.92 Å². The molecule has 2 rings (SSSR count). The Hall–Kier alpha value is -2.72. The Kier molecular flexibility index (Phi) is 4.30. The third kappa shape index (κ3) is 3.43. The zero-order valence-electron chi connectivity index (χ0n) is 11.1. The second-order valence-electron chi connectivity index (χ2n) is 4.22. The van der Waals surface area contributed by atoms with Gasteiger partial charge in [-0.2, -0.15) is 5.26 Å². The highest BCUT2D eigenvalue weighted by Crippen LogP contribution is 2.24. The number of aromatic carboxylic acids is 1. The Balaban J connectivity index is 2.17. The van der Waals surface area contributed by atoms with Crippen molar-refractivity contribution in [1.82, 2.24) is 4.98 Å². The van der Waals surface area contributed by atoms with Crippen molar-refractivity contribution in [1.29, 1.82) is 5.26 Å². The van der Waals surface area contributed by atoms with Crippen molar-refractivity contribution in [2.75, 3.05) is 5.32 Å². The van der Waals surface area contributed by atoms with Crippen LogP contribution in [-0.2, 0) is 6.54 Å². The predicted octanol–water partition coefficient (Wildman–Crippen LogP) is 2.53. The maximum absolute atomic E-state index is 11.4. The molecule has 0 atom stereocenters. The predicted molar refractivity (Wildman–Crippen MR) is 77.6 cm³/mol. The molecule has 0 saturated heterocycles. The number of nitriles is 1. The van der Waals surface area contributed by atoms with E-state index in [4.69, 9.17) is 10.4 Å². The van der Waals surface area contributed by atoms with Crippen LogP contribution in [0.5, 0.6) is 0 Å². The fourth-order valence-electron chi connectivity index (χ4n) is 1.71. The number of anilines is 1. The molecule has 7 heteroatoms. The second kappa shape index (κ2) is 6.15. The molecule has 2 N–H and O–H groups in total. The molecule has 106 valence electrons. The normalized spacial score (nSPS) is 9.90. The molecule has 0 aliphatic heterocycles. The molecule has 21 heavy (non-hydrogen) atoms. The summed E-state index contributed by atoms with van der Waals surface area (Å²) in [5.74, 6) is -1.56. The van der Waals surface area contributed by atoms with Crippen LogP contribution in [0.4, 0.5) is 5.13 Å². The van der Waals surface area contributed by atoms with Crippen LogP contribution in [0.1, 0.15) is 38.2 Å². The molecule has 0 bridgehead atoms. The average molecular weight is 301 g/mol. The number of nitrogens with one attached hydrogen (secondary N) is 1. The first-order valence-electron chi connectivity index (χ1n) is 5.99. The van der Waals surface area contributed by atoms with E-state index >= 15 is 0 Å². The lowest BCUT2D eigenvalue weighted by molar-refractivity contribution is 0.0687. The SMILES string of the molecule is CC(=O)c1sc(NCc2cccc(C#N)c2)nc1C(=O)O. The summed E-state index contributed by atoms with van der Waals surface area (Å²) in [7, 11) is 0. The number of carboxylic acid groups (broad SMARTS) is 1. The van der Waals surface area contributed by atoms with E-state index < -0.39 is 5.97 Å². The molecule has 0 unspecified atom stereocenters. The lowest BCUT2D eigenvalue weighted by Gasteiger charge is -2.02. The van der Waals surface area contributed by atoms with Gasteiger partial charge in [0, 0.05) is 13.5 Å². The van der Waals surface area contributed by atoms with Gasteiger partial charge in [-0.05, 0) is 17.7 Å². The number of ketones is 1. The average Bonchev–Trinajstić information content (AvgIpc) is 2.90. The van der Waals surface area contributed by atoms with Gasteiger partial charge in [-0.25, -0.2) is 9.78 Å². The molecule has 0 fully saturated rings. The number of carbonyl (C=O) groups is 2. The molecule has 0 aliphatic carbocycles. The third-order valence-electron chi connectivity index (χ3n) is 2.65. The molecule has 1 heterocycles. The summed E-state index contributed by atoms with van der Waals surface area (Å²) in [4.78, 5) is 26.4. The van der Waals surface area contributed by atoms with Crippen molar-refractivity contribution >= 4 is 28.2 Å². The van der Waals surface area contributed by atoms with Gasteiger partial charge in [-0.1, -0.05) is 23.5 Å². The molecule has 1 aromatic heterocycles. The Bertz CT molecular complexity index is 715. The number of hydrogen-bond donors (Lipinski definition) is 2. The van der Waals surface area contributed by atoms with E-state index in [0.717, 1.165) is 16.9 Å². The van der Waals surface area contributed by atoms with E-state index in [2.05, 4.69) is 10.3 Å². The summed E-state index contributed by atoms with van der Waals surface area (Å²) < 4.78 is 0. The third-order valence-corrected chi connectivity index (χ3v) is 3.76. The van der Waals surface area contributed by atoms with Gasteiger partial charge in [0.15, 0.2) is 16.6 Å². The fourth-order valence-corrected chi connectivity index (χ4v) is 2.56. The Labute approximate surface area is 124 Å². The molecule has 0 spiro atoms. The highest BCUT2D eigenvalue weighted by molar-refractivity contribution is 7.17. The van der Waals surface area contributed by atoms with Crippen molar-refractivity contribution in [2.24, 2.45) is 0 Å². The monoisotopic (exact) mass is 301 g/mol. The van der Waals surface area contributed by atoms with Gasteiger partial charge in [-0.15, -0.1) is 0 Å². The lowest BCUT2D eigenvalue weighted by Crippen LogP contribution is -2.04. The Morgan fingerprint density at radius 2 is 2.24 bits per heavy atom. The summed E-state index contributed by atoms with van der Waals surface area (Å²) >= 11 is 1.01. The van der Waals surface area contributed by atoms with E-state index in [0.29, 0.717) is 17.2 Å². The van der Waals surface area contributed by atoms with E-state index in [9.17, 15) is 9.59 Å². The van der Waals surface area contributed by atoms with Crippen molar-refractivity contribution < 1.29 is 14.7 Å². The standard InChI is InChI=1S/C14H11N3O3S/c1-8(18)12-11(13(19)20)17-14(21-12)16-7-10-4-2-3-9(5-10)6-15/h2-5H,7H2,1H3,(H,16,17)(H,19,20). The molecule has 0 saturated carbocycles. The molecular formula is C14H11N3O3S. The number of carboxylic acids is 1. The van der Waals surface area contributed by atoms with E-state index in [-0.39, 0.29) is 16.4 Å². The summed E-state index contributed by atoms with van der Waals surface area (Å²) in [5, 5.41) is 21.2. The van der Waals surface area contributed by atoms with Gasteiger partial charge in [0.2, 0.25) is 0 Å². The number of carbonyl (C=O) groups excluding carboxylic acids is 1.